The van der Waals surface area contributed by atoms with Crippen LogP contribution < -0.4 is 11.1 Å². The molecule has 3 aromatic rings. The summed E-state index contributed by atoms with van der Waals surface area (Å²) < 4.78 is 0. The molecule has 0 unspecified atom stereocenters. The molecule has 5 heteroatoms. The molecule has 0 saturated carbocycles. The summed E-state index contributed by atoms with van der Waals surface area (Å²) in [4.78, 5) is 26.2. The van der Waals surface area contributed by atoms with Crippen LogP contribution in [0.5, 0.6) is 0 Å². The Kier molecular flexibility index (Phi) is 4.82. The molecule has 3 rings (SSSR count). The molecule has 4 N–H and O–H groups in total. The number of rotatable bonds is 4. The average molecular weight is 331 g/mol. The molecule has 0 radical (unpaired) electrons. The fourth-order valence-corrected chi connectivity index (χ4v) is 2.52. The number of carbonyl (C=O) groups is 2. The van der Waals surface area contributed by atoms with Crippen molar-refractivity contribution in [2.24, 2.45) is 5.73 Å². The van der Waals surface area contributed by atoms with Crippen LogP contribution in [0.1, 0.15) is 21.5 Å². The highest BCUT2D eigenvalue weighted by Gasteiger charge is 2.07. The van der Waals surface area contributed by atoms with Gasteiger partial charge in [0.15, 0.2) is 0 Å². The number of aromatic amines is 1. The minimum atomic E-state index is -0.468. The number of nitrogens with two attached hydrogens (primary N) is 1. The van der Waals surface area contributed by atoms with Crippen molar-refractivity contribution in [2.75, 3.05) is 6.54 Å². The number of fused-ring (bicyclic) bond motifs is 1. The average Bonchev–Trinajstić information content (AvgIpc) is 3.02. The Labute approximate surface area is 145 Å². The smallest absolute Gasteiger partial charge is 0.248 e. The van der Waals surface area contributed by atoms with Crippen LogP contribution in [-0.2, 0) is 11.2 Å². The lowest BCUT2D eigenvalue weighted by Crippen LogP contribution is -2.25. The Bertz CT molecular complexity index is 975. The van der Waals surface area contributed by atoms with E-state index in [-0.39, 0.29) is 12.5 Å². The summed E-state index contributed by atoms with van der Waals surface area (Å²) in [5.74, 6) is 5.27. The van der Waals surface area contributed by atoms with E-state index in [1.165, 1.54) is 0 Å². The maximum Gasteiger partial charge on any atom is 0.248 e. The maximum atomic E-state index is 12.0. The minimum Gasteiger partial charge on any atom is -0.366 e. The Balaban J connectivity index is 1.54. The van der Waals surface area contributed by atoms with Crippen LogP contribution in [0, 0.1) is 11.8 Å². The van der Waals surface area contributed by atoms with Crippen molar-refractivity contribution in [3.63, 3.8) is 0 Å². The first kappa shape index (κ1) is 16.3. The quantitative estimate of drug-likeness (QED) is 0.638. The summed E-state index contributed by atoms with van der Waals surface area (Å²) in [5, 5.41) is 3.84. The summed E-state index contributed by atoms with van der Waals surface area (Å²) in [6.45, 7) is 0.263. The number of H-pyrrole nitrogens is 1. The van der Waals surface area contributed by atoms with E-state index in [0.717, 1.165) is 22.0 Å². The van der Waals surface area contributed by atoms with E-state index in [2.05, 4.69) is 22.1 Å². The number of benzene rings is 2. The van der Waals surface area contributed by atoms with Gasteiger partial charge in [-0.05, 0) is 35.9 Å². The standard InChI is InChI=1S/C20H17N3O2/c21-20(25)15-9-7-14(8-10-15)4-3-11-22-19(24)12-16-13-23-18-6-2-1-5-17(16)18/h1-2,5-10,13,23H,11-12H2,(H2,21,25)(H,22,24). The van der Waals surface area contributed by atoms with Crippen molar-refractivity contribution < 1.29 is 9.59 Å². The Morgan fingerprint density at radius 1 is 1.08 bits per heavy atom. The molecular weight excluding hydrogens is 314 g/mol. The zero-order chi connectivity index (χ0) is 17.6. The lowest BCUT2D eigenvalue weighted by molar-refractivity contribution is -0.120. The van der Waals surface area contributed by atoms with Crippen molar-refractivity contribution in [2.45, 2.75) is 6.42 Å². The van der Waals surface area contributed by atoms with E-state index < -0.39 is 5.91 Å². The second-order valence-corrected chi connectivity index (χ2v) is 5.56. The van der Waals surface area contributed by atoms with Crippen LogP contribution in [0.2, 0.25) is 0 Å². The topological polar surface area (TPSA) is 88.0 Å². The molecule has 124 valence electrons. The minimum absolute atomic E-state index is 0.0804. The van der Waals surface area contributed by atoms with Gasteiger partial charge in [-0.25, -0.2) is 0 Å². The monoisotopic (exact) mass is 331 g/mol. The predicted molar refractivity (Wildman–Crippen MR) is 96.9 cm³/mol. The molecule has 5 nitrogen and oxygen atoms in total. The van der Waals surface area contributed by atoms with E-state index >= 15 is 0 Å². The first-order chi connectivity index (χ1) is 12.1. The molecule has 0 atom stereocenters. The number of aromatic nitrogens is 1. The van der Waals surface area contributed by atoms with Crippen molar-refractivity contribution in [1.82, 2.24) is 10.3 Å². The highest BCUT2D eigenvalue weighted by molar-refractivity contribution is 5.92. The zero-order valence-electron chi connectivity index (χ0n) is 13.5. The molecule has 0 saturated heterocycles. The number of primary amides is 1. The van der Waals surface area contributed by atoms with Gasteiger partial charge >= 0.3 is 0 Å². The first-order valence-corrected chi connectivity index (χ1v) is 7.84. The van der Waals surface area contributed by atoms with Crippen LogP contribution in [0.4, 0.5) is 0 Å². The van der Waals surface area contributed by atoms with Gasteiger partial charge in [-0.15, -0.1) is 0 Å². The molecule has 0 aliphatic rings. The van der Waals surface area contributed by atoms with Gasteiger partial charge < -0.3 is 16.0 Å². The van der Waals surface area contributed by atoms with Gasteiger partial charge in [0, 0.05) is 28.2 Å². The fraction of sp³-hybridized carbons (Fsp3) is 0.100. The maximum absolute atomic E-state index is 12.0. The van der Waals surface area contributed by atoms with Crippen molar-refractivity contribution >= 4 is 22.7 Å². The number of nitrogens with one attached hydrogen (secondary N) is 2. The van der Waals surface area contributed by atoms with Crippen LogP contribution in [0.25, 0.3) is 10.9 Å². The second-order valence-electron chi connectivity index (χ2n) is 5.56. The molecule has 25 heavy (non-hydrogen) atoms. The highest BCUT2D eigenvalue weighted by Crippen LogP contribution is 2.17. The summed E-state index contributed by atoms with van der Waals surface area (Å²) in [6, 6.07) is 14.6. The number of para-hydroxylation sites is 1. The summed E-state index contributed by atoms with van der Waals surface area (Å²) in [7, 11) is 0. The van der Waals surface area contributed by atoms with Crippen molar-refractivity contribution in [1.29, 1.82) is 0 Å². The Morgan fingerprint density at radius 3 is 2.60 bits per heavy atom. The second kappa shape index (κ2) is 7.37. The van der Waals surface area contributed by atoms with E-state index in [0.29, 0.717) is 12.0 Å². The van der Waals surface area contributed by atoms with Gasteiger partial charge in [-0.2, -0.15) is 0 Å². The van der Waals surface area contributed by atoms with Gasteiger partial charge in [-0.1, -0.05) is 30.0 Å². The summed E-state index contributed by atoms with van der Waals surface area (Å²) in [5.41, 5.74) is 8.37. The molecule has 1 heterocycles. The fourth-order valence-electron chi connectivity index (χ4n) is 2.52. The number of hydrogen-bond donors (Lipinski definition) is 3. The molecule has 0 bridgehead atoms. The predicted octanol–water partition coefficient (Wildman–Crippen LogP) is 1.98. The third kappa shape index (κ3) is 4.06. The molecule has 2 aromatic carbocycles. The van der Waals surface area contributed by atoms with E-state index in [9.17, 15) is 9.59 Å². The van der Waals surface area contributed by atoms with Gasteiger partial charge in [0.05, 0.1) is 13.0 Å². The third-order valence-corrected chi connectivity index (χ3v) is 3.80. The molecular formula is C20H17N3O2. The van der Waals surface area contributed by atoms with Crippen molar-refractivity contribution in [3.05, 3.63) is 71.4 Å². The van der Waals surface area contributed by atoms with Crippen LogP contribution in [-0.4, -0.2) is 23.3 Å². The van der Waals surface area contributed by atoms with Gasteiger partial charge in [0.1, 0.15) is 0 Å². The lowest BCUT2D eigenvalue weighted by atomic mass is 10.1. The van der Waals surface area contributed by atoms with Crippen LogP contribution >= 0.6 is 0 Å². The largest absolute Gasteiger partial charge is 0.366 e. The Morgan fingerprint density at radius 2 is 1.84 bits per heavy atom. The molecule has 0 spiro atoms. The van der Waals surface area contributed by atoms with E-state index in [1.807, 2.05) is 30.5 Å². The molecule has 2 amide bonds. The van der Waals surface area contributed by atoms with E-state index in [4.69, 9.17) is 5.73 Å². The van der Waals surface area contributed by atoms with Crippen molar-refractivity contribution in [3.8, 4) is 11.8 Å². The Hall–Kier alpha value is -3.52. The SMILES string of the molecule is NC(=O)c1ccc(C#CCNC(=O)Cc2c[nH]c3ccccc23)cc1. The van der Waals surface area contributed by atoms with Crippen LogP contribution in [0.15, 0.2) is 54.7 Å². The first-order valence-electron chi connectivity index (χ1n) is 7.84. The lowest BCUT2D eigenvalue weighted by Gasteiger charge is -2.00. The number of carbonyl (C=O) groups excluding carboxylic acids is 2. The van der Waals surface area contributed by atoms with Gasteiger partial charge in [0.25, 0.3) is 0 Å². The van der Waals surface area contributed by atoms with Gasteiger partial charge in [0.2, 0.25) is 11.8 Å². The highest BCUT2D eigenvalue weighted by atomic mass is 16.1. The molecule has 1 aromatic heterocycles. The van der Waals surface area contributed by atoms with Crippen LogP contribution in [0.3, 0.4) is 0 Å². The third-order valence-electron chi connectivity index (χ3n) is 3.80. The molecule has 0 fully saturated rings. The number of hydrogen-bond acceptors (Lipinski definition) is 2. The normalized spacial score (nSPS) is 10.1. The zero-order valence-corrected chi connectivity index (χ0v) is 13.5. The molecule has 0 aliphatic carbocycles. The van der Waals surface area contributed by atoms with Gasteiger partial charge in [-0.3, -0.25) is 9.59 Å². The number of amides is 2. The summed E-state index contributed by atoms with van der Waals surface area (Å²) in [6.07, 6.45) is 2.16. The molecule has 0 aliphatic heterocycles. The van der Waals surface area contributed by atoms with E-state index in [1.54, 1.807) is 24.3 Å². The summed E-state index contributed by atoms with van der Waals surface area (Å²) >= 11 is 0.